The van der Waals surface area contributed by atoms with Crippen molar-refractivity contribution < 1.29 is 22.4 Å². The van der Waals surface area contributed by atoms with Gasteiger partial charge in [0.15, 0.2) is 5.82 Å². The van der Waals surface area contributed by atoms with Crippen LogP contribution >= 0.6 is 0 Å². The molecule has 1 N–H and O–H groups in total. The third-order valence-electron chi connectivity index (χ3n) is 2.31. The van der Waals surface area contributed by atoms with E-state index in [1.54, 1.807) is 5.32 Å². The highest BCUT2D eigenvalue weighted by Gasteiger charge is 2.39. The third-order valence-corrected chi connectivity index (χ3v) is 2.31. The van der Waals surface area contributed by atoms with Gasteiger partial charge in [0.25, 0.3) is 0 Å². The van der Waals surface area contributed by atoms with Gasteiger partial charge < -0.3 is 5.32 Å². The fourth-order valence-electron chi connectivity index (χ4n) is 1.43. The van der Waals surface area contributed by atoms with Gasteiger partial charge in [-0.25, -0.2) is 9.37 Å². The van der Waals surface area contributed by atoms with Crippen molar-refractivity contribution in [3.8, 4) is 0 Å². The summed E-state index contributed by atoms with van der Waals surface area (Å²) in [5.74, 6) is -2.92. The first-order valence-corrected chi connectivity index (χ1v) is 5.81. The minimum absolute atomic E-state index is 0.210. The normalized spacial score (nSPS) is 10.9. The summed E-state index contributed by atoms with van der Waals surface area (Å²) >= 11 is 0. The molecule has 0 spiro atoms. The zero-order valence-corrected chi connectivity index (χ0v) is 11.0. The molecule has 110 valence electrons. The second kappa shape index (κ2) is 5.89. The molecule has 0 radical (unpaired) electrons. The molecule has 1 amide bonds. The molecule has 8 heteroatoms. The van der Waals surface area contributed by atoms with E-state index in [0.29, 0.717) is 0 Å². The molecule has 0 bridgehead atoms. The summed E-state index contributed by atoms with van der Waals surface area (Å²) in [4.78, 5) is 14.5. The number of amides is 1. The van der Waals surface area contributed by atoms with Crippen molar-refractivity contribution in [2.24, 2.45) is 0 Å². The summed E-state index contributed by atoms with van der Waals surface area (Å²) in [7, 11) is 0. The Morgan fingerprint density at radius 1 is 1.30 bits per heavy atom. The van der Waals surface area contributed by atoms with E-state index in [-0.39, 0.29) is 17.2 Å². The molecule has 0 saturated carbocycles. The first kappa shape index (κ1) is 15.9. The third kappa shape index (κ3) is 3.25. The summed E-state index contributed by atoms with van der Waals surface area (Å²) in [6.45, 7) is 5.42. The van der Waals surface area contributed by atoms with Gasteiger partial charge in [0, 0.05) is 6.20 Å². The highest BCUT2D eigenvalue weighted by Crippen LogP contribution is 2.21. The second-order valence-corrected chi connectivity index (χ2v) is 3.57. The fraction of sp³-hybridized carbons (Fsp3) is 0.333. The van der Waals surface area contributed by atoms with E-state index in [9.17, 15) is 22.4 Å². The number of fused-ring (bicyclic) bond motifs is 1. The van der Waals surface area contributed by atoms with Crippen molar-refractivity contribution in [1.82, 2.24) is 9.38 Å². The summed E-state index contributed by atoms with van der Waals surface area (Å²) in [5.41, 5.74) is 0.452. The van der Waals surface area contributed by atoms with E-state index in [4.69, 9.17) is 0 Å². The van der Waals surface area contributed by atoms with Gasteiger partial charge in [-0.15, -0.1) is 0 Å². The Morgan fingerprint density at radius 3 is 2.45 bits per heavy atom. The number of imidazole rings is 1. The van der Waals surface area contributed by atoms with Gasteiger partial charge in [0.2, 0.25) is 0 Å². The van der Waals surface area contributed by atoms with Gasteiger partial charge in [-0.1, -0.05) is 13.8 Å². The van der Waals surface area contributed by atoms with Crippen LogP contribution in [-0.4, -0.2) is 21.5 Å². The number of carbonyl (C=O) groups is 1. The van der Waals surface area contributed by atoms with Gasteiger partial charge in [-0.05, 0) is 19.1 Å². The van der Waals surface area contributed by atoms with Crippen LogP contribution in [0.5, 0.6) is 0 Å². The lowest BCUT2D eigenvalue weighted by Crippen LogP contribution is -2.30. The summed E-state index contributed by atoms with van der Waals surface area (Å²) in [5, 5.41) is 1.64. The van der Waals surface area contributed by atoms with Crippen molar-refractivity contribution in [2.75, 3.05) is 5.32 Å². The second-order valence-electron chi connectivity index (χ2n) is 3.57. The van der Waals surface area contributed by atoms with Crippen LogP contribution in [0.1, 0.15) is 19.5 Å². The predicted octanol–water partition coefficient (Wildman–Crippen LogP) is 3.31. The largest absolute Gasteiger partial charge is 0.471 e. The summed E-state index contributed by atoms with van der Waals surface area (Å²) in [6, 6.07) is 2.42. The van der Waals surface area contributed by atoms with E-state index in [0.717, 1.165) is 12.3 Å². The van der Waals surface area contributed by atoms with E-state index in [1.165, 1.54) is 17.4 Å². The van der Waals surface area contributed by atoms with Crippen LogP contribution in [0, 0.1) is 12.7 Å². The van der Waals surface area contributed by atoms with Crippen molar-refractivity contribution in [3.05, 3.63) is 29.8 Å². The standard InChI is InChI=1S/C10H7F4N3O.C2H6/c1-5-8(16-9(18)10(12,13)14)15-7-3-2-6(11)4-17(5)7;1-2/h2-4H,1H3,(H,16,18);1-2H3. The number of halogens is 4. The zero-order chi connectivity index (χ0) is 15.5. The van der Waals surface area contributed by atoms with Crippen LogP contribution in [0.4, 0.5) is 23.4 Å². The Morgan fingerprint density at radius 2 is 1.90 bits per heavy atom. The predicted molar refractivity (Wildman–Crippen MR) is 65.9 cm³/mol. The number of hydrogen-bond donors (Lipinski definition) is 1. The number of nitrogens with zero attached hydrogens (tertiary/aromatic N) is 2. The molecule has 0 aliphatic rings. The Kier molecular flexibility index (Phi) is 4.69. The first-order chi connectivity index (χ1) is 9.29. The summed E-state index contributed by atoms with van der Waals surface area (Å²) < 4.78 is 50.5. The number of rotatable bonds is 1. The number of alkyl halides is 3. The Hall–Kier alpha value is -2.12. The Labute approximate surface area is 112 Å². The Balaban J connectivity index is 0.000000956. The van der Waals surface area contributed by atoms with Crippen LogP contribution in [0.15, 0.2) is 18.3 Å². The smallest absolute Gasteiger partial charge is 0.301 e. The number of anilines is 1. The molecule has 4 nitrogen and oxygen atoms in total. The number of aromatic nitrogens is 2. The minimum atomic E-state index is -4.99. The molecule has 2 aromatic heterocycles. The molecular formula is C12H13F4N3O. The molecule has 0 aromatic carbocycles. The highest BCUT2D eigenvalue weighted by molar-refractivity contribution is 5.94. The fourth-order valence-corrected chi connectivity index (χ4v) is 1.43. The molecular weight excluding hydrogens is 278 g/mol. The van der Waals surface area contributed by atoms with Crippen molar-refractivity contribution >= 4 is 17.4 Å². The molecule has 0 atom stereocenters. The quantitative estimate of drug-likeness (QED) is 0.819. The molecule has 2 heterocycles. The number of pyridine rings is 1. The van der Waals surface area contributed by atoms with Crippen LogP contribution < -0.4 is 5.32 Å². The molecule has 0 aliphatic carbocycles. The van der Waals surface area contributed by atoms with Crippen LogP contribution in [0.25, 0.3) is 5.65 Å². The van der Waals surface area contributed by atoms with E-state index >= 15 is 0 Å². The van der Waals surface area contributed by atoms with Gasteiger partial charge in [-0.2, -0.15) is 13.2 Å². The van der Waals surface area contributed by atoms with Crippen molar-refractivity contribution in [1.29, 1.82) is 0 Å². The number of carbonyl (C=O) groups excluding carboxylic acids is 1. The van der Waals surface area contributed by atoms with Crippen LogP contribution in [0.3, 0.4) is 0 Å². The van der Waals surface area contributed by atoms with Crippen LogP contribution in [-0.2, 0) is 4.79 Å². The molecule has 0 saturated heterocycles. The minimum Gasteiger partial charge on any atom is -0.301 e. The SMILES string of the molecule is CC.Cc1c(NC(=O)C(F)(F)F)nc2ccc(F)cn12. The molecule has 0 fully saturated rings. The lowest BCUT2D eigenvalue weighted by Gasteiger charge is -2.05. The van der Waals surface area contributed by atoms with Crippen LogP contribution in [0.2, 0.25) is 0 Å². The number of nitrogens with one attached hydrogen (secondary N) is 1. The summed E-state index contributed by atoms with van der Waals surface area (Å²) in [6.07, 6.45) is -3.92. The maximum Gasteiger partial charge on any atom is 0.471 e. The van der Waals surface area contributed by atoms with Gasteiger partial charge in [0.1, 0.15) is 11.5 Å². The average Bonchev–Trinajstić information content (AvgIpc) is 2.68. The first-order valence-electron chi connectivity index (χ1n) is 5.81. The molecule has 2 rings (SSSR count). The molecule has 2 aromatic rings. The average molecular weight is 291 g/mol. The molecule has 0 unspecified atom stereocenters. The van der Waals surface area contributed by atoms with Crippen molar-refractivity contribution in [2.45, 2.75) is 26.9 Å². The highest BCUT2D eigenvalue weighted by atomic mass is 19.4. The lowest BCUT2D eigenvalue weighted by molar-refractivity contribution is -0.167. The molecule has 0 aliphatic heterocycles. The van der Waals surface area contributed by atoms with E-state index < -0.39 is 17.9 Å². The maximum absolute atomic E-state index is 13.0. The zero-order valence-electron chi connectivity index (χ0n) is 11.0. The van der Waals surface area contributed by atoms with E-state index in [1.807, 2.05) is 13.8 Å². The van der Waals surface area contributed by atoms with Gasteiger partial charge in [-0.3, -0.25) is 9.20 Å². The maximum atomic E-state index is 13.0. The molecule has 20 heavy (non-hydrogen) atoms. The number of aryl methyl sites for hydroxylation is 1. The van der Waals surface area contributed by atoms with Gasteiger partial charge in [0.05, 0.1) is 5.69 Å². The van der Waals surface area contributed by atoms with Gasteiger partial charge >= 0.3 is 12.1 Å². The number of hydrogen-bond acceptors (Lipinski definition) is 2. The lowest BCUT2D eigenvalue weighted by atomic mass is 10.4. The Bertz CT molecular complexity index is 619. The van der Waals surface area contributed by atoms with E-state index in [2.05, 4.69) is 4.98 Å². The van der Waals surface area contributed by atoms with Crippen molar-refractivity contribution in [3.63, 3.8) is 0 Å². The topological polar surface area (TPSA) is 46.4 Å². The monoisotopic (exact) mass is 291 g/mol.